The predicted molar refractivity (Wildman–Crippen MR) is 84.6 cm³/mol. The van der Waals surface area contributed by atoms with Crippen LogP contribution >= 0.6 is 15.9 Å². The SMILES string of the molecule is Cc1c(Br)c(C(F)(F)F)nn1CCC(=O)Nc1cnn(C)c1C(N)=O. The van der Waals surface area contributed by atoms with Crippen LogP contribution in [0.5, 0.6) is 0 Å². The molecule has 0 radical (unpaired) electrons. The van der Waals surface area contributed by atoms with Gasteiger partial charge in [0.15, 0.2) is 5.69 Å². The zero-order valence-corrected chi connectivity index (χ0v) is 14.8. The Morgan fingerprint density at radius 2 is 2.04 bits per heavy atom. The molecule has 2 rings (SSSR count). The first-order chi connectivity index (χ1) is 11.5. The van der Waals surface area contributed by atoms with Crippen molar-refractivity contribution < 1.29 is 22.8 Å². The number of halogens is 4. The van der Waals surface area contributed by atoms with Crippen LogP contribution in [-0.2, 0) is 24.6 Å². The van der Waals surface area contributed by atoms with E-state index in [9.17, 15) is 22.8 Å². The fraction of sp³-hybridized carbons (Fsp3) is 0.385. The van der Waals surface area contributed by atoms with E-state index in [1.54, 1.807) is 0 Å². The zero-order valence-electron chi connectivity index (χ0n) is 13.2. The highest BCUT2D eigenvalue weighted by Gasteiger charge is 2.37. The van der Waals surface area contributed by atoms with E-state index < -0.39 is 23.7 Å². The normalized spacial score (nSPS) is 11.6. The Hall–Kier alpha value is -2.37. The number of nitrogens with zero attached hydrogens (tertiary/aromatic N) is 4. The first-order valence-corrected chi connectivity index (χ1v) is 7.73. The van der Waals surface area contributed by atoms with Gasteiger partial charge in [0.2, 0.25) is 5.91 Å². The van der Waals surface area contributed by atoms with Crippen molar-refractivity contribution in [2.75, 3.05) is 5.32 Å². The number of carbonyl (C=O) groups is 2. The summed E-state index contributed by atoms with van der Waals surface area (Å²) in [5.41, 5.74) is 4.56. The smallest absolute Gasteiger partial charge is 0.364 e. The molecule has 3 N–H and O–H groups in total. The minimum Gasteiger partial charge on any atom is -0.364 e. The van der Waals surface area contributed by atoms with Crippen LogP contribution in [-0.4, -0.2) is 31.4 Å². The fourth-order valence-corrected chi connectivity index (χ4v) is 2.67. The van der Waals surface area contributed by atoms with Gasteiger partial charge in [-0.25, -0.2) is 0 Å². The van der Waals surface area contributed by atoms with Crippen molar-refractivity contribution in [1.82, 2.24) is 19.6 Å². The summed E-state index contributed by atoms with van der Waals surface area (Å²) in [5, 5.41) is 9.76. The molecular formula is C13H14BrF3N6O2. The molecule has 8 nitrogen and oxygen atoms in total. The van der Waals surface area contributed by atoms with Crippen LogP contribution < -0.4 is 11.1 Å². The molecule has 0 aliphatic rings. The van der Waals surface area contributed by atoms with Crippen LogP contribution in [0.1, 0.15) is 28.3 Å². The molecule has 12 heteroatoms. The highest BCUT2D eigenvalue weighted by molar-refractivity contribution is 9.10. The second kappa shape index (κ2) is 6.86. The van der Waals surface area contributed by atoms with Crippen molar-refractivity contribution in [1.29, 1.82) is 0 Å². The maximum atomic E-state index is 12.8. The van der Waals surface area contributed by atoms with Crippen molar-refractivity contribution in [3.05, 3.63) is 27.8 Å². The molecular weight excluding hydrogens is 409 g/mol. The molecule has 136 valence electrons. The molecule has 25 heavy (non-hydrogen) atoms. The summed E-state index contributed by atoms with van der Waals surface area (Å²) in [7, 11) is 1.49. The Balaban J connectivity index is 2.08. The topological polar surface area (TPSA) is 108 Å². The van der Waals surface area contributed by atoms with E-state index in [0.29, 0.717) is 0 Å². The van der Waals surface area contributed by atoms with Gasteiger partial charge >= 0.3 is 6.18 Å². The van der Waals surface area contributed by atoms with Crippen LogP contribution in [0.3, 0.4) is 0 Å². The van der Waals surface area contributed by atoms with Crippen molar-refractivity contribution in [3.63, 3.8) is 0 Å². The molecule has 0 saturated heterocycles. The predicted octanol–water partition coefficient (Wildman–Crippen LogP) is 1.83. The lowest BCUT2D eigenvalue weighted by molar-refractivity contribution is -0.142. The average molecular weight is 423 g/mol. The summed E-state index contributed by atoms with van der Waals surface area (Å²) in [5.74, 6) is -1.29. The second-order valence-electron chi connectivity index (χ2n) is 5.16. The summed E-state index contributed by atoms with van der Waals surface area (Å²) in [6.07, 6.45) is -3.49. The lowest BCUT2D eigenvalue weighted by Crippen LogP contribution is -2.21. The number of anilines is 1. The number of carbonyl (C=O) groups excluding carboxylic acids is 2. The minimum absolute atomic E-state index is 0.0192. The minimum atomic E-state index is -4.59. The molecule has 2 heterocycles. The quantitative estimate of drug-likeness (QED) is 0.765. The lowest BCUT2D eigenvalue weighted by Gasteiger charge is -2.07. The van der Waals surface area contributed by atoms with Crippen molar-refractivity contribution in [2.45, 2.75) is 26.1 Å². The Kier molecular flexibility index (Phi) is 5.20. The van der Waals surface area contributed by atoms with Gasteiger partial charge in [-0.2, -0.15) is 23.4 Å². The number of hydrogen-bond donors (Lipinski definition) is 2. The molecule has 0 aliphatic carbocycles. The molecule has 0 bridgehead atoms. The molecule has 0 aromatic carbocycles. The molecule has 0 aliphatic heterocycles. The molecule has 2 aromatic heterocycles. The van der Waals surface area contributed by atoms with E-state index in [-0.39, 0.29) is 34.5 Å². The first-order valence-electron chi connectivity index (χ1n) is 6.94. The first kappa shape index (κ1) is 19.0. The summed E-state index contributed by atoms with van der Waals surface area (Å²) in [6, 6.07) is 0. The molecule has 0 saturated carbocycles. The van der Waals surface area contributed by atoms with E-state index >= 15 is 0 Å². The Morgan fingerprint density at radius 3 is 2.56 bits per heavy atom. The second-order valence-corrected chi connectivity index (χ2v) is 5.95. The van der Waals surface area contributed by atoms with Crippen LogP contribution in [0.2, 0.25) is 0 Å². The van der Waals surface area contributed by atoms with Gasteiger partial charge in [-0.1, -0.05) is 0 Å². The van der Waals surface area contributed by atoms with Gasteiger partial charge in [0, 0.05) is 13.5 Å². The monoisotopic (exact) mass is 422 g/mol. The summed E-state index contributed by atoms with van der Waals surface area (Å²) in [6.45, 7) is 1.38. The van der Waals surface area contributed by atoms with E-state index in [0.717, 1.165) is 4.68 Å². The third-order valence-corrected chi connectivity index (χ3v) is 4.35. The average Bonchev–Trinajstić information content (AvgIpc) is 2.98. The van der Waals surface area contributed by atoms with Gasteiger partial charge in [0.1, 0.15) is 5.69 Å². The van der Waals surface area contributed by atoms with Gasteiger partial charge < -0.3 is 11.1 Å². The lowest BCUT2D eigenvalue weighted by atomic mass is 10.3. The van der Waals surface area contributed by atoms with E-state index in [1.165, 1.54) is 24.9 Å². The van der Waals surface area contributed by atoms with E-state index in [4.69, 9.17) is 5.73 Å². The molecule has 2 aromatic rings. The molecule has 0 unspecified atom stereocenters. The van der Waals surface area contributed by atoms with Crippen molar-refractivity contribution >= 4 is 33.4 Å². The highest BCUT2D eigenvalue weighted by Crippen LogP contribution is 2.35. The van der Waals surface area contributed by atoms with Gasteiger partial charge in [0.25, 0.3) is 5.91 Å². The van der Waals surface area contributed by atoms with Crippen LogP contribution in [0.15, 0.2) is 10.7 Å². The number of aryl methyl sites for hydroxylation is 2. The number of aromatic nitrogens is 4. The number of nitrogens with two attached hydrogens (primary N) is 1. The molecule has 2 amide bonds. The van der Waals surface area contributed by atoms with E-state index in [1.807, 2.05) is 0 Å². The van der Waals surface area contributed by atoms with E-state index in [2.05, 4.69) is 31.4 Å². The maximum Gasteiger partial charge on any atom is 0.436 e. The standard InChI is InChI=1S/C13H14BrF3N6O2/c1-6-9(14)11(13(15,16)17)21-23(6)4-3-8(24)20-7-5-19-22(2)10(7)12(18)25/h5H,3-4H2,1-2H3,(H2,18,25)(H,20,24). The largest absolute Gasteiger partial charge is 0.436 e. The zero-order chi connectivity index (χ0) is 18.9. The fourth-order valence-electron chi connectivity index (χ4n) is 2.16. The summed E-state index contributed by atoms with van der Waals surface area (Å²) < 4.78 is 40.6. The van der Waals surface area contributed by atoms with Gasteiger partial charge in [-0.3, -0.25) is 19.0 Å². The Bertz CT molecular complexity index is 827. The Labute approximate surface area is 148 Å². The highest BCUT2D eigenvalue weighted by atomic mass is 79.9. The number of nitrogens with one attached hydrogen (secondary N) is 1. The van der Waals surface area contributed by atoms with Crippen LogP contribution in [0, 0.1) is 6.92 Å². The van der Waals surface area contributed by atoms with Crippen molar-refractivity contribution in [3.8, 4) is 0 Å². The van der Waals surface area contributed by atoms with Crippen LogP contribution in [0.4, 0.5) is 18.9 Å². The third-order valence-electron chi connectivity index (χ3n) is 3.40. The number of rotatable bonds is 5. The number of alkyl halides is 3. The molecule has 0 fully saturated rings. The molecule has 0 spiro atoms. The summed E-state index contributed by atoms with van der Waals surface area (Å²) in [4.78, 5) is 23.3. The third kappa shape index (κ3) is 4.00. The summed E-state index contributed by atoms with van der Waals surface area (Å²) >= 11 is 2.86. The Morgan fingerprint density at radius 1 is 1.40 bits per heavy atom. The maximum absolute atomic E-state index is 12.8. The molecule has 0 atom stereocenters. The number of amides is 2. The van der Waals surface area contributed by atoms with Gasteiger partial charge in [-0.15, -0.1) is 0 Å². The van der Waals surface area contributed by atoms with Crippen LogP contribution in [0.25, 0.3) is 0 Å². The van der Waals surface area contributed by atoms with Gasteiger partial charge in [-0.05, 0) is 22.9 Å². The van der Waals surface area contributed by atoms with Crippen molar-refractivity contribution in [2.24, 2.45) is 12.8 Å². The van der Waals surface area contributed by atoms with Gasteiger partial charge in [0.05, 0.1) is 28.6 Å². The number of hydrogen-bond acceptors (Lipinski definition) is 4. The number of primary amides is 1.